The van der Waals surface area contributed by atoms with Gasteiger partial charge in [-0.1, -0.05) is 6.07 Å². The monoisotopic (exact) mass is 323 g/mol. The molecule has 1 aromatic heterocycles. The molecule has 0 saturated carbocycles. The molecular weight excluding hydrogens is 308 g/mol. The summed E-state index contributed by atoms with van der Waals surface area (Å²) in [6.45, 7) is 1.10. The van der Waals surface area contributed by atoms with Gasteiger partial charge in [0.1, 0.15) is 10.7 Å². The van der Waals surface area contributed by atoms with E-state index in [4.69, 9.17) is 0 Å². The van der Waals surface area contributed by atoms with Gasteiger partial charge in [-0.05, 0) is 37.1 Å². The molecule has 1 aliphatic rings. The van der Waals surface area contributed by atoms with Crippen LogP contribution in [0.1, 0.15) is 39.9 Å². The summed E-state index contributed by atoms with van der Waals surface area (Å²) in [6, 6.07) is 3.79. The zero-order valence-corrected chi connectivity index (χ0v) is 12.6. The molecule has 1 unspecified atom stereocenters. The van der Waals surface area contributed by atoms with Crippen LogP contribution < -0.4 is 10.6 Å². The Bertz CT molecular complexity index is 683. The normalized spacial score (nSPS) is 17.6. The molecule has 1 aromatic carbocycles. The molecule has 2 heterocycles. The molecule has 0 spiro atoms. The van der Waals surface area contributed by atoms with Gasteiger partial charge in [0.15, 0.2) is 11.6 Å². The van der Waals surface area contributed by atoms with Gasteiger partial charge in [0, 0.05) is 11.9 Å². The lowest BCUT2D eigenvalue weighted by atomic mass is 10.2. The number of rotatable bonds is 4. The van der Waals surface area contributed by atoms with Crippen LogP contribution in [-0.2, 0) is 6.54 Å². The molecule has 116 valence electrons. The van der Waals surface area contributed by atoms with E-state index in [-0.39, 0.29) is 18.5 Å². The summed E-state index contributed by atoms with van der Waals surface area (Å²) in [6.07, 6.45) is 2.14. The Morgan fingerprint density at radius 3 is 3.00 bits per heavy atom. The number of halogens is 2. The van der Waals surface area contributed by atoms with E-state index in [1.54, 1.807) is 5.38 Å². The van der Waals surface area contributed by atoms with Gasteiger partial charge in [-0.15, -0.1) is 11.3 Å². The first kappa shape index (κ1) is 15.1. The Hall–Kier alpha value is -1.86. The van der Waals surface area contributed by atoms with Crippen LogP contribution in [0.15, 0.2) is 23.6 Å². The quantitative estimate of drug-likeness (QED) is 0.910. The van der Waals surface area contributed by atoms with E-state index in [9.17, 15) is 13.6 Å². The molecule has 0 radical (unpaired) electrons. The molecule has 2 N–H and O–H groups in total. The number of carbonyl (C=O) groups is 1. The van der Waals surface area contributed by atoms with Crippen LogP contribution in [0.25, 0.3) is 0 Å². The highest BCUT2D eigenvalue weighted by atomic mass is 32.1. The zero-order valence-electron chi connectivity index (χ0n) is 11.7. The summed E-state index contributed by atoms with van der Waals surface area (Å²) in [5, 5.41) is 8.63. The molecule has 1 amide bonds. The standard InChI is InChI=1S/C15H15F2N3OS/c16-10-4-3-9(6-11(10)17)7-19-14(21)13-8-22-15(20-13)12-2-1-5-18-12/h3-4,6,8,12,18H,1-2,5,7H2,(H,19,21). The van der Waals surface area contributed by atoms with Crippen molar-refractivity contribution in [3.8, 4) is 0 Å². The third kappa shape index (κ3) is 3.31. The van der Waals surface area contributed by atoms with Crippen LogP contribution >= 0.6 is 11.3 Å². The van der Waals surface area contributed by atoms with Crippen molar-refractivity contribution in [3.05, 3.63) is 51.5 Å². The third-order valence-corrected chi connectivity index (χ3v) is 4.51. The summed E-state index contributed by atoms with van der Waals surface area (Å²) in [4.78, 5) is 16.4. The Balaban J connectivity index is 1.60. The Morgan fingerprint density at radius 2 is 2.27 bits per heavy atom. The van der Waals surface area contributed by atoms with Crippen LogP contribution in [0.5, 0.6) is 0 Å². The molecule has 1 fully saturated rings. The van der Waals surface area contributed by atoms with Gasteiger partial charge in [-0.3, -0.25) is 4.79 Å². The molecule has 1 atom stereocenters. The lowest BCUT2D eigenvalue weighted by Gasteiger charge is -2.05. The molecular formula is C15H15F2N3OS. The number of carbonyl (C=O) groups excluding carboxylic acids is 1. The Labute approximate surface area is 130 Å². The average molecular weight is 323 g/mol. The lowest BCUT2D eigenvalue weighted by molar-refractivity contribution is 0.0946. The van der Waals surface area contributed by atoms with E-state index in [0.29, 0.717) is 11.3 Å². The van der Waals surface area contributed by atoms with Crippen LogP contribution in [0, 0.1) is 11.6 Å². The van der Waals surface area contributed by atoms with Crippen LogP contribution in [-0.4, -0.2) is 17.4 Å². The molecule has 7 heteroatoms. The van der Waals surface area contributed by atoms with E-state index < -0.39 is 11.6 Å². The first-order chi connectivity index (χ1) is 10.6. The highest BCUT2D eigenvalue weighted by molar-refractivity contribution is 7.09. The van der Waals surface area contributed by atoms with Crippen molar-refractivity contribution in [1.29, 1.82) is 0 Å². The summed E-state index contributed by atoms with van der Waals surface area (Å²) >= 11 is 1.46. The number of hydrogen-bond acceptors (Lipinski definition) is 4. The van der Waals surface area contributed by atoms with Crippen LogP contribution in [0.2, 0.25) is 0 Å². The summed E-state index contributed by atoms with van der Waals surface area (Å²) in [7, 11) is 0. The number of hydrogen-bond donors (Lipinski definition) is 2. The Kier molecular flexibility index (Phi) is 4.44. The van der Waals surface area contributed by atoms with Gasteiger partial charge in [0.2, 0.25) is 0 Å². The molecule has 22 heavy (non-hydrogen) atoms. The van der Waals surface area contributed by atoms with E-state index in [2.05, 4.69) is 15.6 Å². The van der Waals surface area contributed by atoms with Crippen molar-refractivity contribution < 1.29 is 13.6 Å². The van der Waals surface area contributed by atoms with E-state index in [0.717, 1.165) is 36.5 Å². The predicted molar refractivity (Wildman–Crippen MR) is 79.6 cm³/mol. The van der Waals surface area contributed by atoms with Crippen molar-refractivity contribution in [1.82, 2.24) is 15.6 Å². The average Bonchev–Trinajstić information content (AvgIpc) is 3.18. The second kappa shape index (κ2) is 6.50. The minimum atomic E-state index is -0.921. The predicted octanol–water partition coefficient (Wildman–Crippen LogP) is 2.78. The van der Waals surface area contributed by atoms with Gasteiger partial charge in [-0.2, -0.15) is 0 Å². The highest BCUT2D eigenvalue weighted by Crippen LogP contribution is 2.25. The minimum absolute atomic E-state index is 0.130. The first-order valence-corrected chi connectivity index (χ1v) is 7.92. The number of aromatic nitrogens is 1. The second-order valence-corrected chi connectivity index (χ2v) is 6.04. The van der Waals surface area contributed by atoms with Crippen molar-refractivity contribution in [2.24, 2.45) is 0 Å². The van der Waals surface area contributed by atoms with E-state index in [1.165, 1.54) is 17.4 Å². The van der Waals surface area contributed by atoms with Crippen molar-refractivity contribution in [2.75, 3.05) is 6.54 Å². The lowest BCUT2D eigenvalue weighted by Crippen LogP contribution is -2.23. The fraction of sp³-hybridized carbons (Fsp3) is 0.333. The van der Waals surface area contributed by atoms with Gasteiger partial charge in [-0.25, -0.2) is 13.8 Å². The third-order valence-electron chi connectivity index (χ3n) is 3.55. The van der Waals surface area contributed by atoms with Crippen molar-refractivity contribution in [2.45, 2.75) is 25.4 Å². The van der Waals surface area contributed by atoms with Crippen LogP contribution in [0.3, 0.4) is 0 Å². The van der Waals surface area contributed by atoms with Crippen LogP contribution in [0.4, 0.5) is 8.78 Å². The molecule has 2 aromatic rings. The van der Waals surface area contributed by atoms with Gasteiger partial charge in [0.25, 0.3) is 5.91 Å². The maximum atomic E-state index is 13.1. The molecule has 4 nitrogen and oxygen atoms in total. The zero-order chi connectivity index (χ0) is 15.5. The largest absolute Gasteiger partial charge is 0.347 e. The molecule has 1 saturated heterocycles. The summed E-state index contributed by atoms with van der Waals surface area (Å²) < 4.78 is 25.9. The molecule has 0 aliphatic carbocycles. The summed E-state index contributed by atoms with van der Waals surface area (Å²) in [5.74, 6) is -2.14. The highest BCUT2D eigenvalue weighted by Gasteiger charge is 2.21. The van der Waals surface area contributed by atoms with Gasteiger partial charge in [0.05, 0.1) is 6.04 Å². The topological polar surface area (TPSA) is 54.0 Å². The maximum Gasteiger partial charge on any atom is 0.271 e. The first-order valence-electron chi connectivity index (χ1n) is 7.04. The van der Waals surface area contributed by atoms with Gasteiger partial charge < -0.3 is 10.6 Å². The van der Waals surface area contributed by atoms with Crippen molar-refractivity contribution >= 4 is 17.2 Å². The summed E-state index contributed by atoms with van der Waals surface area (Å²) in [5.41, 5.74) is 0.858. The molecule has 0 bridgehead atoms. The van der Waals surface area contributed by atoms with E-state index >= 15 is 0 Å². The maximum absolute atomic E-state index is 13.1. The number of thiazole rings is 1. The number of nitrogens with zero attached hydrogens (tertiary/aromatic N) is 1. The number of amides is 1. The molecule has 3 rings (SSSR count). The fourth-order valence-corrected chi connectivity index (χ4v) is 3.28. The van der Waals surface area contributed by atoms with E-state index in [1.807, 2.05) is 0 Å². The number of nitrogens with one attached hydrogen (secondary N) is 2. The van der Waals surface area contributed by atoms with Gasteiger partial charge >= 0.3 is 0 Å². The smallest absolute Gasteiger partial charge is 0.271 e. The molecule has 1 aliphatic heterocycles. The second-order valence-electron chi connectivity index (χ2n) is 5.15. The fourth-order valence-electron chi connectivity index (χ4n) is 2.37. The number of benzene rings is 1. The Morgan fingerprint density at radius 1 is 1.41 bits per heavy atom. The SMILES string of the molecule is O=C(NCc1ccc(F)c(F)c1)c1csc(C2CCCN2)n1. The van der Waals surface area contributed by atoms with Crippen molar-refractivity contribution in [3.63, 3.8) is 0 Å². The minimum Gasteiger partial charge on any atom is -0.347 e.